The summed E-state index contributed by atoms with van der Waals surface area (Å²) in [6.07, 6.45) is 1.10. The van der Waals surface area contributed by atoms with E-state index in [1.54, 1.807) is 13.2 Å². The molecule has 1 aliphatic heterocycles. The van der Waals surface area contributed by atoms with Crippen LogP contribution in [-0.4, -0.2) is 25.3 Å². The molecule has 1 fully saturated rings. The summed E-state index contributed by atoms with van der Waals surface area (Å²) in [6.45, 7) is 2.00. The molecule has 3 nitrogen and oxygen atoms in total. The second kappa shape index (κ2) is 3.88. The van der Waals surface area contributed by atoms with Crippen LogP contribution in [0.3, 0.4) is 0 Å². The monoisotopic (exact) mass is 193 g/mol. The number of ether oxygens (including phenoxy) is 1. The molecular weight excluding hydrogens is 178 g/mol. The molecule has 0 spiro atoms. The van der Waals surface area contributed by atoms with Gasteiger partial charge in [-0.05, 0) is 24.6 Å². The van der Waals surface area contributed by atoms with Gasteiger partial charge in [0.2, 0.25) is 0 Å². The summed E-state index contributed by atoms with van der Waals surface area (Å²) in [6, 6.07) is 5.52. The lowest BCUT2D eigenvalue weighted by molar-refractivity contribution is 0.405. The fourth-order valence-corrected chi connectivity index (χ4v) is 1.92. The van der Waals surface area contributed by atoms with Crippen LogP contribution in [0.2, 0.25) is 0 Å². The van der Waals surface area contributed by atoms with Gasteiger partial charge in [0.15, 0.2) is 0 Å². The summed E-state index contributed by atoms with van der Waals surface area (Å²) in [5.41, 5.74) is 1.02. The van der Waals surface area contributed by atoms with Crippen molar-refractivity contribution in [2.45, 2.75) is 12.3 Å². The van der Waals surface area contributed by atoms with Crippen LogP contribution in [0.25, 0.3) is 0 Å². The van der Waals surface area contributed by atoms with E-state index in [1.165, 1.54) is 0 Å². The van der Waals surface area contributed by atoms with Crippen molar-refractivity contribution in [3.05, 3.63) is 23.8 Å². The van der Waals surface area contributed by atoms with Crippen molar-refractivity contribution in [3.63, 3.8) is 0 Å². The predicted octanol–water partition coefficient (Wildman–Crippen LogP) is 1.48. The van der Waals surface area contributed by atoms with Crippen molar-refractivity contribution in [1.29, 1.82) is 0 Å². The molecule has 2 N–H and O–H groups in total. The van der Waals surface area contributed by atoms with E-state index in [1.807, 2.05) is 12.1 Å². The van der Waals surface area contributed by atoms with E-state index in [2.05, 4.69) is 5.32 Å². The Hall–Kier alpha value is -1.22. The van der Waals surface area contributed by atoms with Gasteiger partial charge in [-0.15, -0.1) is 0 Å². The summed E-state index contributed by atoms with van der Waals surface area (Å²) in [7, 11) is 1.60. The van der Waals surface area contributed by atoms with E-state index < -0.39 is 0 Å². The summed E-state index contributed by atoms with van der Waals surface area (Å²) in [5.74, 6) is 1.50. The minimum atomic E-state index is 0.345. The minimum absolute atomic E-state index is 0.345. The second-order valence-corrected chi connectivity index (χ2v) is 3.61. The third kappa shape index (κ3) is 1.68. The van der Waals surface area contributed by atoms with Crippen molar-refractivity contribution in [2.75, 3.05) is 20.2 Å². The Morgan fingerprint density at radius 1 is 1.50 bits per heavy atom. The van der Waals surface area contributed by atoms with Gasteiger partial charge >= 0.3 is 0 Å². The molecule has 2 rings (SSSR count). The molecule has 1 aromatic carbocycles. The summed E-state index contributed by atoms with van der Waals surface area (Å²) in [4.78, 5) is 0. The highest BCUT2D eigenvalue weighted by atomic mass is 16.5. The van der Waals surface area contributed by atoms with Crippen LogP contribution in [0.4, 0.5) is 0 Å². The van der Waals surface area contributed by atoms with Crippen molar-refractivity contribution < 1.29 is 9.84 Å². The Morgan fingerprint density at radius 2 is 2.36 bits per heavy atom. The summed E-state index contributed by atoms with van der Waals surface area (Å²) >= 11 is 0. The first-order valence-electron chi connectivity index (χ1n) is 4.89. The van der Waals surface area contributed by atoms with Gasteiger partial charge in [-0.2, -0.15) is 0 Å². The summed E-state index contributed by atoms with van der Waals surface area (Å²) in [5, 5.41) is 13.1. The molecule has 0 bridgehead atoms. The molecule has 76 valence electrons. The van der Waals surface area contributed by atoms with E-state index in [0.29, 0.717) is 17.4 Å². The first-order valence-corrected chi connectivity index (χ1v) is 4.89. The second-order valence-electron chi connectivity index (χ2n) is 3.61. The Kier molecular flexibility index (Phi) is 2.59. The predicted molar refractivity (Wildman–Crippen MR) is 54.9 cm³/mol. The Bertz CT molecular complexity index is 319. The molecule has 1 aliphatic rings. The lowest BCUT2D eigenvalue weighted by atomic mass is 9.97. The van der Waals surface area contributed by atoms with Crippen LogP contribution in [0, 0.1) is 0 Å². The van der Waals surface area contributed by atoms with E-state index >= 15 is 0 Å². The van der Waals surface area contributed by atoms with Gasteiger partial charge in [-0.3, -0.25) is 0 Å². The van der Waals surface area contributed by atoms with Crippen molar-refractivity contribution in [1.82, 2.24) is 5.32 Å². The van der Waals surface area contributed by atoms with E-state index in [-0.39, 0.29) is 0 Å². The number of phenolic OH excluding ortho intramolecular Hbond substituents is 1. The molecule has 0 aliphatic carbocycles. The van der Waals surface area contributed by atoms with E-state index in [4.69, 9.17) is 4.74 Å². The van der Waals surface area contributed by atoms with Crippen molar-refractivity contribution in [2.24, 2.45) is 0 Å². The Labute approximate surface area is 83.7 Å². The zero-order valence-corrected chi connectivity index (χ0v) is 8.29. The number of methoxy groups -OCH3 is 1. The Balaban J connectivity index is 2.25. The molecule has 1 unspecified atom stereocenters. The van der Waals surface area contributed by atoms with Gasteiger partial charge in [-0.25, -0.2) is 0 Å². The zero-order chi connectivity index (χ0) is 9.97. The molecule has 1 atom stereocenters. The molecule has 1 saturated heterocycles. The highest BCUT2D eigenvalue weighted by Crippen LogP contribution is 2.32. The third-order valence-electron chi connectivity index (χ3n) is 2.74. The molecule has 1 aromatic rings. The molecule has 0 aromatic heterocycles. The third-order valence-corrected chi connectivity index (χ3v) is 2.74. The maximum Gasteiger partial charge on any atom is 0.122 e. The number of aromatic hydroxyl groups is 1. The van der Waals surface area contributed by atoms with Crippen LogP contribution >= 0.6 is 0 Å². The normalized spacial score (nSPS) is 21.1. The van der Waals surface area contributed by atoms with Gasteiger partial charge in [0.25, 0.3) is 0 Å². The quantitative estimate of drug-likeness (QED) is 0.747. The molecule has 3 heteroatoms. The number of hydrogen-bond acceptors (Lipinski definition) is 3. The van der Waals surface area contributed by atoms with Gasteiger partial charge < -0.3 is 15.2 Å². The number of benzene rings is 1. The van der Waals surface area contributed by atoms with Crippen LogP contribution in [0.1, 0.15) is 17.9 Å². The standard InChI is InChI=1S/C11H15NO2/c1-14-9-2-3-10(11(13)6-9)8-4-5-12-7-8/h2-3,6,8,12-13H,4-5,7H2,1H3. The lowest BCUT2D eigenvalue weighted by Gasteiger charge is -2.11. The van der Waals surface area contributed by atoms with Crippen molar-refractivity contribution >= 4 is 0 Å². The molecule has 0 saturated carbocycles. The smallest absolute Gasteiger partial charge is 0.122 e. The minimum Gasteiger partial charge on any atom is -0.508 e. The average molecular weight is 193 g/mol. The van der Waals surface area contributed by atoms with Gasteiger partial charge in [0, 0.05) is 18.5 Å². The molecule has 0 radical (unpaired) electrons. The number of rotatable bonds is 2. The van der Waals surface area contributed by atoms with Crippen LogP contribution in [0.5, 0.6) is 11.5 Å². The highest BCUT2D eigenvalue weighted by molar-refractivity contribution is 5.42. The fraction of sp³-hybridized carbons (Fsp3) is 0.455. The number of phenols is 1. The first kappa shape index (κ1) is 9.34. The van der Waals surface area contributed by atoms with Crippen LogP contribution < -0.4 is 10.1 Å². The number of hydrogen-bond donors (Lipinski definition) is 2. The van der Waals surface area contributed by atoms with Crippen molar-refractivity contribution in [3.8, 4) is 11.5 Å². The van der Waals surface area contributed by atoms with Gasteiger partial charge in [-0.1, -0.05) is 6.07 Å². The topological polar surface area (TPSA) is 41.5 Å². The Morgan fingerprint density at radius 3 is 2.93 bits per heavy atom. The molecular formula is C11H15NO2. The highest BCUT2D eigenvalue weighted by Gasteiger charge is 2.19. The molecule has 0 amide bonds. The van der Waals surface area contributed by atoms with Crippen LogP contribution in [-0.2, 0) is 0 Å². The van der Waals surface area contributed by atoms with Gasteiger partial charge in [0.1, 0.15) is 11.5 Å². The average Bonchev–Trinajstić information content (AvgIpc) is 2.70. The maximum atomic E-state index is 9.78. The largest absolute Gasteiger partial charge is 0.508 e. The summed E-state index contributed by atoms with van der Waals surface area (Å²) < 4.78 is 5.04. The SMILES string of the molecule is COc1ccc(C2CCNC2)c(O)c1. The maximum absolute atomic E-state index is 9.78. The van der Waals surface area contributed by atoms with E-state index in [0.717, 1.165) is 25.1 Å². The number of nitrogens with one attached hydrogen (secondary N) is 1. The zero-order valence-electron chi connectivity index (χ0n) is 8.29. The fourth-order valence-electron chi connectivity index (χ4n) is 1.92. The van der Waals surface area contributed by atoms with E-state index in [9.17, 15) is 5.11 Å². The molecule has 14 heavy (non-hydrogen) atoms. The lowest BCUT2D eigenvalue weighted by Crippen LogP contribution is -2.08. The van der Waals surface area contributed by atoms with Gasteiger partial charge in [0.05, 0.1) is 7.11 Å². The van der Waals surface area contributed by atoms with Crippen LogP contribution in [0.15, 0.2) is 18.2 Å². The first-order chi connectivity index (χ1) is 6.81. The molecule has 1 heterocycles.